The van der Waals surface area contributed by atoms with E-state index in [0.717, 1.165) is 31.5 Å². The maximum absolute atomic E-state index is 12.6. The average molecular weight is 666 g/mol. The van der Waals surface area contributed by atoms with Gasteiger partial charge in [0.2, 0.25) is 0 Å². The number of Topliss-reactive ketones (excluding diaryl/α,β-unsaturated/α-hetero) is 2. The molecule has 2 atom stereocenters. The number of allylic oxidation sites excluding steroid dienone is 4. The van der Waals surface area contributed by atoms with Crippen molar-refractivity contribution in [1.82, 2.24) is 0 Å². The van der Waals surface area contributed by atoms with Crippen molar-refractivity contribution in [2.45, 2.75) is 173 Å². The maximum Gasteiger partial charge on any atom is 1.00 e. The van der Waals surface area contributed by atoms with Gasteiger partial charge in [-0.2, -0.15) is 0 Å². The van der Waals surface area contributed by atoms with Crippen LogP contribution in [-0.4, -0.2) is 30.8 Å². The van der Waals surface area contributed by atoms with E-state index in [-0.39, 0.29) is 47.0 Å². The normalized spacial score (nSPS) is 12.1. The molecule has 5 heteroatoms. The van der Waals surface area contributed by atoms with Gasteiger partial charge in [0.05, 0.1) is 6.17 Å². The third-order valence-corrected chi connectivity index (χ3v) is 7.76. The van der Waals surface area contributed by atoms with Gasteiger partial charge >= 0.3 is 29.6 Å². The van der Waals surface area contributed by atoms with E-state index < -0.39 is 6.17 Å². The predicted octanol–water partition coefficient (Wildman–Crippen LogP) is 9.73. The SMILES string of the molecule is CCCCCCCC.CCCN(CCC)c1cccc(C)c1C.CC[C-]=C(C(C)=O)C(=[C-]CCC(C)F)CC.[CH2-]C(=O)C(C)CC.[Na+]. The first-order chi connectivity index (χ1) is 21.8. The quantitative estimate of drug-likeness (QED) is 0.0486. The molecule has 0 saturated heterocycles. The Kier molecular flexibility index (Phi) is 40.1. The molecule has 0 aliphatic rings. The van der Waals surface area contributed by atoms with E-state index in [2.05, 4.69) is 83.7 Å². The first kappa shape index (κ1) is 52.5. The third kappa shape index (κ3) is 29.3. The number of benzene rings is 1. The van der Waals surface area contributed by atoms with Crippen molar-refractivity contribution in [3.8, 4) is 0 Å². The number of carbonyl (C=O) groups excluding carboxylic acids is 2. The monoisotopic (exact) mass is 666 g/mol. The van der Waals surface area contributed by atoms with E-state index >= 15 is 0 Å². The van der Waals surface area contributed by atoms with Crippen LogP contribution in [0.25, 0.3) is 0 Å². The van der Waals surface area contributed by atoms with Gasteiger partial charge in [-0.25, -0.2) is 4.39 Å². The van der Waals surface area contributed by atoms with Crippen LogP contribution < -0.4 is 34.5 Å². The summed E-state index contributed by atoms with van der Waals surface area (Å²) in [7, 11) is 0. The Labute approximate surface area is 315 Å². The molecule has 47 heavy (non-hydrogen) atoms. The van der Waals surface area contributed by atoms with Crippen LogP contribution in [0.5, 0.6) is 0 Å². The van der Waals surface area contributed by atoms with Crippen LogP contribution in [-0.2, 0) is 9.59 Å². The zero-order chi connectivity index (χ0) is 35.9. The number of carbonyl (C=O) groups is 2. The molecule has 0 radical (unpaired) electrons. The molecule has 2 unspecified atom stereocenters. The Hall–Kier alpha value is -1.36. The van der Waals surface area contributed by atoms with Gasteiger partial charge in [0, 0.05) is 18.8 Å². The van der Waals surface area contributed by atoms with Gasteiger partial charge in [0.25, 0.3) is 0 Å². The first-order valence-electron chi connectivity index (χ1n) is 18.4. The van der Waals surface area contributed by atoms with Gasteiger partial charge < -0.3 is 38.6 Å². The zero-order valence-electron chi connectivity index (χ0n) is 33.3. The second-order valence-corrected chi connectivity index (χ2v) is 12.2. The topological polar surface area (TPSA) is 37.4 Å². The standard InChI is InChI=1S/C14H21FO.C14H23N.C8H18.C6H11O.Na/c1-5-8-14(12(4)16)13(6-2)10-7-9-11(3)15;1-5-10-15(11-6-2)14-9-7-8-12(3)13(14)4;1-3-5-7-8-6-4-2;1-4-5(2)6(3)7;/h11H,5-7,9H2,1-4H3;7-9H,5-6,10-11H2,1-4H3;3-8H2,1-2H3;5H,3-4H2,1-2H3;/q-2;;;-1;+1. The summed E-state index contributed by atoms with van der Waals surface area (Å²) in [4.78, 5) is 24.2. The minimum Gasteiger partial charge on any atom is -0.391 e. The predicted molar refractivity (Wildman–Crippen MR) is 202 cm³/mol. The summed E-state index contributed by atoms with van der Waals surface area (Å²) in [5, 5.41) is 0. The van der Waals surface area contributed by atoms with Gasteiger partial charge in [0.15, 0.2) is 0 Å². The fraction of sp³-hybridized carbons (Fsp3) is 0.690. The fourth-order valence-electron chi connectivity index (χ4n) is 4.48. The molecule has 268 valence electrons. The number of halogens is 1. The van der Waals surface area contributed by atoms with Gasteiger partial charge in [0.1, 0.15) is 0 Å². The molecule has 0 aromatic heterocycles. The third-order valence-electron chi connectivity index (χ3n) is 7.76. The number of alkyl halides is 1. The second kappa shape index (κ2) is 35.9. The van der Waals surface area contributed by atoms with Crippen LogP contribution in [0.1, 0.15) is 164 Å². The molecule has 0 N–H and O–H groups in total. The molecule has 1 aromatic rings. The molecule has 3 nitrogen and oxygen atoms in total. The Morgan fingerprint density at radius 1 is 0.851 bits per heavy atom. The van der Waals surface area contributed by atoms with Crippen molar-refractivity contribution >= 4 is 17.3 Å². The molecule has 0 saturated carbocycles. The van der Waals surface area contributed by atoms with Crippen molar-refractivity contribution in [3.63, 3.8) is 0 Å². The number of ketones is 2. The Balaban J connectivity index is -0.000000276. The number of unbranched alkanes of at least 4 members (excludes halogenated alkanes) is 5. The van der Waals surface area contributed by atoms with Crippen LogP contribution in [0.3, 0.4) is 0 Å². The summed E-state index contributed by atoms with van der Waals surface area (Å²) in [5.74, 6) is 0.210. The molecule has 0 fully saturated rings. The smallest absolute Gasteiger partial charge is 0.391 e. The Morgan fingerprint density at radius 3 is 1.72 bits per heavy atom. The molecule has 0 bridgehead atoms. The summed E-state index contributed by atoms with van der Waals surface area (Å²) >= 11 is 0. The van der Waals surface area contributed by atoms with E-state index in [1.807, 2.05) is 27.7 Å². The summed E-state index contributed by atoms with van der Waals surface area (Å²) in [5.41, 5.74) is 5.73. The van der Waals surface area contributed by atoms with Crippen molar-refractivity contribution in [3.05, 3.63) is 59.5 Å². The summed E-state index contributed by atoms with van der Waals surface area (Å²) in [6.07, 6.45) is 19.6. The van der Waals surface area contributed by atoms with E-state index in [4.69, 9.17) is 0 Å². The van der Waals surface area contributed by atoms with Crippen LogP contribution in [0.15, 0.2) is 29.3 Å². The van der Waals surface area contributed by atoms with Gasteiger partial charge in [-0.1, -0.05) is 113 Å². The molecular formula is C42H73FNNaO2-2. The molecule has 0 aliphatic carbocycles. The van der Waals surface area contributed by atoms with Crippen molar-refractivity contribution in [2.24, 2.45) is 5.92 Å². The van der Waals surface area contributed by atoms with Crippen LogP contribution in [0.2, 0.25) is 0 Å². The molecule has 0 spiro atoms. The number of anilines is 1. The van der Waals surface area contributed by atoms with Gasteiger partial charge in [-0.05, 0) is 81.1 Å². The fourth-order valence-corrected chi connectivity index (χ4v) is 4.48. The Bertz CT molecular complexity index is 942. The van der Waals surface area contributed by atoms with Crippen LogP contribution in [0.4, 0.5) is 10.1 Å². The number of rotatable bonds is 19. The number of nitrogens with zero attached hydrogens (tertiary/aromatic N) is 1. The number of hydrogen-bond donors (Lipinski definition) is 0. The summed E-state index contributed by atoms with van der Waals surface area (Å²) < 4.78 is 12.6. The Morgan fingerprint density at radius 2 is 1.38 bits per heavy atom. The van der Waals surface area contributed by atoms with Gasteiger partial charge in [-0.15, -0.1) is 19.3 Å². The van der Waals surface area contributed by atoms with E-state index in [1.165, 1.54) is 82.0 Å². The second-order valence-electron chi connectivity index (χ2n) is 12.2. The van der Waals surface area contributed by atoms with Crippen molar-refractivity contribution in [1.29, 1.82) is 0 Å². The average Bonchev–Trinajstić information content (AvgIpc) is 3.02. The van der Waals surface area contributed by atoms with Crippen molar-refractivity contribution in [2.75, 3.05) is 18.0 Å². The van der Waals surface area contributed by atoms with Crippen LogP contribution in [0, 0.1) is 38.8 Å². The summed E-state index contributed by atoms with van der Waals surface area (Å²) in [6.45, 7) is 29.9. The number of hydrogen-bond acceptors (Lipinski definition) is 3. The van der Waals surface area contributed by atoms with Crippen LogP contribution >= 0.6 is 0 Å². The largest absolute Gasteiger partial charge is 1.00 e. The van der Waals surface area contributed by atoms with E-state index in [1.54, 1.807) is 0 Å². The van der Waals surface area contributed by atoms with Gasteiger partial charge in [-0.3, -0.25) is 6.08 Å². The molecule has 0 heterocycles. The van der Waals surface area contributed by atoms with E-state index in [9.17, 15) is 14.0 Å². The molecular weight excluding hydrogens is 592 g/mol. The zero-order valence-corrected chi connectivity index (χ0v) is 35.3. The molecule has 0 aliphatic heterocycles. The first-order valence-corrected chi connectivity index (χ1v) is 18.4. The maximum atomic E-state index is 12.6. The minimum absolute atomic E-state index is 0. The molecule has 1 rings (SSSR count). The summed E-state index contributed by atoms with van der Waals surface area (Å²) in [6, 6.07) is 6.60. The minimum atomic E-state index is -0.814. The number of aryl methyl sites for hydroxylation is 1. The van der Waals surface area contributed by atoms with Crippen molar-refractivity contribution < 1.29 is 43.5 Å². The molecule has 0 amide bonds. The molecule has 1 aromatic carbocycles. The van der Waals surface area contributed by atoms with E-state index in [0.29, 0.717) is 24.8 Å².